The number of nitrogens with zero attached hydrogens (tertiary/aromatic N) is 3. The molecule has 1 aromatic heterocycles. The van der Waals surface area contributed by atoms with E-state index in [9.17, 15) is 0 Å². The van der Waals surface area contributed by atoms with Crippen LogP contribution in [0.1, 0.15) is 44.5 Å². The Hall–Kier alpha value is -1.78. The molecule has 0 saturated carbocycles. The van der Waals surface area contributed by atoms with E-state index in [0.717, 1.165) is 17.1 Å². The third kappa shape index (κ3) is 3.21. The summed E-state index contributed by atoms with van der Waals surface area (Å²) < 4.78 is 0. The molecule has 1 aromatic rings. The fourth-order valence-electron chi connectivity index (χ4n) is 2.20. The van der Waals surface area contributed by atoms with E-state index in [0.29, 0.717) is 5.56 Å². The minimum absolute atomic E-state index is 0.0937. The van der Waals surface area contributed by atoms with Gasteiger partial charge in [-0.3, -0.25) is 0 Å². The molecular formula is C15H26N4O. The normalized spacial score (nSPS) is 14.2. The third-order valence-electron chi connectivity index (χ3n) is 3.86. The fraction of sp³-hybridized carbons (Fsp3) is 0.600. The van der Waals surface area contributed by atoms with Crippen molar-refractivity contribution in [1.29, 1.82) is 0 Å². The molecular weight excluding hydrogens is 252 g/mol. The van der Waals surface area contributed by atoms with Crippen molar-refractivity contribution in [2.24, 2.45) is 16.3 Å². The molecule has 0 amide bonds. The van der Waals surface area contributed by atoms with Crippen LogP contribution in [0.2, 0.25) is 0 Å². The minimum Gasteiger partial charge on any atom is -0.409 e. The Morgan fingerprint density at radius 3 is 2.40 bits per heavy atom. The van der Waals surface area contributed by atoms with Crippen molar-refractivity contribution >= 4 is 11.7 Å². The molecule has 0 saturated heterocycles. The van der Waals surface area contributed by atoms with Gasteiger partial charge in [-0.25, -0.2) is 4.98 Å². The van der Waals surface area contributed by atoms with E-state index >= 15 is 0 Å². The summed E-state index contributed by atoms with van der Waals surface area (Å²) in [4.78, 5) is 6.68. The molecule has 0 aliphatic carbocycles. The standard InChI is InChI=1S/C15H26N4O/c1-9-8-10(2)17-14(12(9)13(16)18-20)19(7)11(3)15(4,5)6/h8,11,20H,1-7H3,(H2,16,18). The van der Waals surface area contributed by atoms with Gasteiger partial charge in [0.1, 0.15) is 5.82 Å². The number of hydrogen-bond donors (Lipinski definition) is 2. The summed E-state index contributed by atoms with van der Waals surface area (Å²) in [5, 5.41) is 12.1. The van der Waals surface area contributed by atoms with Gasteiger partial charge in [0, 0.05) is 18.8 Å². The van der Waals surface area contributed by atoms with E-state index in [1.54, 1.807) is 0 Å². The van der Waals surface area contributed by atoms with Gasteiger partial charge in [0.25, 0.3) is 0 Å². The average Bonchev–Trinajstić information content (AvgIpc) is 2.34. The highest BCUT2D eigenvalue weighted by Gasteiger charge is 2.27. The molecule has 0 aliphatic rings. The van der Waals surface area contributed by atoms with Crippen molar-refractivity contribution < 1.29 is 5.21 Å². The first-order chi connectivity index (χ1) is 9.09. The lowest BCUT2D eigenvalue weighted by molar-refractivity contribution is 0.318. The van der Waals surface area contributed by atoms with Crippen molar-refractivity contribution in [3.05, 3.63) is 22.9 Å². The second-order valence-electron chi connectivity index (χ2n) is 6.42. The second-order valence-corrected chi connectivity index (χ2v) is 6.42. The molecule has 0 fully saturated rings. The van der Waals surface area contributed by atoms with Crippen LogP contribution in [0.5, 0.6) is 0 Å². The van der Waals surface area contributed by atoms with E-state index < -0.39 is 0 Å². The predicted octanol–water partition coefficient (Wildman–Crippen LogP) is 2.66. The van der Waals surface area contributed by atoms with Crippen molar-refractivity contribution in [2.45, 2.75) is 47.6 Å². The van der Waals surface area contributed by atoms with Gasteiger partial charge in [-0.15, -0.1) is 0 Å². The Balaban J connectivity index is 3.44. The molecule has 3 N–H and O–H groups in total. The van der Waals surface area contributed by atoms with Crippen LogP contribution in [0.25, 0.3) is 0 Å². The maximum atomic E-state index is 9.00. The van der Waals surface area contributed by atoms with Crippen LogP contribution in [0, 0.1) is 19.3 Å². The number of pyridine rings is 1. The maximum absolute atomic E-state index is 9.00. The lowest BCUT2D eigenvalue weighted by Gasteiger charge is -2.37. The Kier molecular flexibility index (Phi) is 4.63. The fourth-order valence-corrected chi connectivity index (χ4v) is 2.20. The van der Waals surface area contributed by atoms with E-state index in [4.69, 9.17) is 10.9 Å². The molecule has 20 heavy (non-hydrogen) atoms. The summed E-state index contributed by atoms with van der Waals surface area (Å²) in [6.45, 7) is 12.6. The molecule has 0 radical (unpaired) electrons. The molecule has 1 atom stereocenters. The van der Waals surface area contributed by atoms with Crippen LogP contribution >= 0.6 is 0 Å². The van der Waals surface area contributed by atoms with Crippen molar-refractivity contribution in [3.8, 4) is 0 Å². The van der Waals surface area contributed by atoms with Gasteiger partial charge in [-0.2, -0.15) is 0 Å². The van der Waals surface area contributed by atoms with E-state index in [-0.39, 0.29) is 17.3 Å². The third-order valence-corrected chi connectivity index (χ3v) is 3.86. The first-order valence-electron chi connectivity index (χ1n) is 6.78. The first kappa shape index (κ1) is 16.3. The van der Waals surface area contributed by atoms with Crippen LogP contribution in [-0.2, 0) is 0 Å². The van der Waals surface area contributed by atoms with E-state index in [1.165, 1.54) is 0 Å². The maximum Gasteiger partial charge on any atom is 0.174 e. The van der Waals surface area contributed by atoms with Crippen LogP contribution in [0.3, 0.4) is 0 Å². The zero-order valence-electron chi connectivity index (χ0n) is 13.5. The smallest absolute Gasteiger partial charge is 0.174 e. The Morgan fingerprint density at radius 1 is 1.40 bits per heavy atom. The van der Waals surface area contributed by atoms with Crippen molar-refractivity contribution in [1.82, 2.24) is 4.98 Å². The molecule has 0 spiro atoms. The number of anilines is 1. The molecule has 112 valence electrons. The number of aromatic nitrogens is 1. The zero-order valence-corrected chi connectivity index (χ0v) is 13.5. The minimum atomic E-state index is 0.0937. The lowest BCUT2D eigenvalue weighted by Crippen LogP contribution is -2.41. The van der Waals surface area contributed by atoms with Gasteiger partial charge in [-0.1, -0.05) is 25.9 Å². The summed E-state index contributed by atoms with van der Waals surface area (Å²) in [5.74, 6) is 0.846. The van der Waals surface area contributed by atoms with Gasteiger partial charge in [0.05, 0.1) is 5.56 Å². The Labute approximate surface area is 121 Å². The number of aryl methyl sites for hydroxylation is 2. The van der Waals surface area contributed by atoms with Crippen LogP contribution in [-0.4, -0.2) is 29.1 Å². The SMILES string of the molecule is Cc1cc(C)c(C(N)=NO)c(N(C)C(C)C(C)(C)C)n1. The quantitative estimate of drug-likeness (QED) is 0.386. The van der Waals surface area contributed by atoms with Crippen molar-refractivity contribution in [2.75, 3.05) is 11.9 Å². The van der Waals surface area contributed by atoms with Gasteiger partial charge < -0.3 is 15.8 Å². The van der Waals surface area contributed by atoms with Gasteiger partial charge in [0.2, 0.25) is 0 Å². The topological polar surface area (TPSA) is 74.7 Å². The largest absolute Gasteiger partial charge is 0.409 e. The highest BCUT2D eigenvalue weighted by Crippen LogP contribution is 2.29. The zero-order chi connectivity index (χ0) is 15.7. The van der Waals surface area contributed by atoms with Gasteiger partial charge in [-0.05, 0) is 37.8 Å². The summed E-state index contributed by atoms with van der Waals surface area (Å²) in [6, 6.07) is 2.19. The highest BCUT2D eigenvalue weighted by atomic mass is 16.4. The lowest BCUT2D eigenvalue weighted by atomic mass is 9.87. The predicted molar refractivity (Wildman–Crippen MR) is 83.5 cm³/mol. The van der Waals surface area contributed by atoms with Gasteiger partial charge in [0.15, 0.2) is 5.84 Å². The monoisotopic (exact) mass is 278 g/mol. The van der Waals surface area contributed by atoms with Crippen molar-refractivity contribution in [3.63, 3.8) is 0 Å². The number of rotatable bonds is 3. The molecule has 1 unspecified atom stereocenters. The molecule has 0 aliphatic heterocycles. The molecule has 0 aromatic carbocycles. The summed E-state index contributed by atoms with van der Waals surface area (Å²) in [6.07, 6.45) is 0. The van der Waals surface area contributed by atoms with E-state index in [2.05, 4.69) is 42.7 Å². The summed E-state index contributed by atoms with van der Waals surface area (Å²) >= 11 is 0. The number of hydrogen-bond acceptors (Lipinski definition) is 4. The molecule has 1 rings (SSSR count). The van der Waals surface area contributed by atoms with Crippen LogP contribution in [0.4, 0.5) is 5.82 Å². The first-order valence-corrected chi connectivity index (χ1v) is 6.78. The summed E-state index contributed by atoms with van der Waals surface area (Å²) in [7, 11) is 1.99. The highest BCUT2D eigenvalue weighted by molar-refractivity contribution is 6.02. The molecule has 1 heterocycles. The van der Waals surface area contributed by atoms with Crippen LogP contribution < -0.4 is 10.6 Å². The number of nitrogens with two attached hydrogens (primary N) is 1. The van der Waals surface area contributed by atoms with Gasteiger partial charge >= 0.3 is 0 Å². The summed E-state index contributed by atoms with van der Waals surface area (Å²) in [5.41, 5.74) is 8.48. The molecule has 5 nitrogen and oxygen atoms in total. The number of amidine groups is 1. The van der Waals surface area contributed by atoms with Crippen LogP contribution in [0.15, 0.2) is 11.2 Å². The number of oxime groups is 1. The average molecular weight is 278 g/mol. The molecule has 0 bridgehead atoms. The Morgan fingerprint density at radius 2 is 1.95 bits per heavy atom. The van der Waals surface area contributed by atoms with E-state index in [1.807, 2.05) is 27.0 Å². The molecule has 5 heteroatoms. The second kappa shape index (κ2) is 5.69. The Bertz CT molecular complexity index is 517.